The third-order valence-electron chi connectivity index (χ3n) is 2.97. The van der Waals surface area contributed by atoms with Gasteiger partial charge in [-0.2, -0.15) is 0 Å². The Labute approximate surface area is 125 Å². The molecule has 0 radical (unpaired) electrons. The molecule has 0 saturated heterocycles. The second kappa shape index (κ2) is 5.88. The molecule has 2 aromatic carbocycles. The fraction of sp³-hybridized carbons (Fsp3) is 0.0667. The number of benzene rings is 2. The SMILES string of the molecule is Brc1ccc(CNc2ccccc2-n2ccnn2)cc1. The standard InChI is InChI=1S/C15H13BrN4/c16-13-7-5-12(6-8-13)11-17-14-3-1-2-4-15(14)20-10-9-18-19-20/h1-10,17H,11H2. The van der Waals surface area contributed by atoms with Crippen molar-refractivity contribution >= 4 is 21.6 Å². The summed E-state index contributed by atoms with van der Waals surface area (Å²) in [5.41, 5.74) is 3.24. The quantitative estimate of drug-likeness (QED) is 0.795. The predicted molar refractivity (Wildman–Crippen MR) is 82.8 cm³/mol. The van der Waals surface area contributed by atoms with Crippen LogP contribution in [0, 0.1) is 0 Å². The molecule has 0 aliphatic heterocycles. The van der Waals surface area contributed by atoms with Gasteiger partial charge in [-0.3, -0.25) is 0 Å². The van der Waals surface area contributed by atoms with Gasteiger partial charge in [0.05, 0.1) is 23.8 Å². The van der Waals surface area contributed by atoms with Crippen molar-refractivity contribution in [2.45, 2.75) is 6.54 Å². The molecule has 0 amide bonds. The van der Waals surface area contributed by atoms with Crippen LogP contribution in [-0.2, 0) is 6.54 Å². The van der Waals surface area contributed by atoms with Crippen LogP contribution in [-0.4, -0.2) is 15.0 Å². The Bertz CT molecular complexity index is 677. The highest BCUT2D eigenvalue weighted by Crippen LogP contribution is 2.20. The lowest BCUT2D eigenvalue weighted by Gasteiger charge is -2.11. The second-order valence-corrected chi connectivity index (χ2v) is 5.26. The van der Waals surface area contributed by atoms with Gasteiger partial charge in [-0.1, -0.05) is 45.4 Å². The maximum absolute atomic E-state index is 4.03. The minimum absolute atomic E-state index is 0.763. The number of halogens is 1. The third-order valence-corrected chi connectivity index (χ3v) is 3.50. The molecule has 1 aromatic heterocycles. The summed E-state index contributed by atoms with van der Waals surface area (Å²) in [4.78, 5) is 0. The Morgan fingerprint density at radius 1 is 1.05 bits per heavy atom. The largest absolute Gasteiger partial charge is 0.379 e. The maximum Gasteiger partial charge on any atom is 0.0894 e. The summed E-state index contributed by atoms with van der Waals surface area (Å²) >= 11 is 3.44. The first-order chi connectivity index (χ1) is 9.83. The Morgan fingerprint density at radius 2 is 1.85 bits per heavy atom. The fourth-order valence-electron chi connectivity index (χ4n) is 1.96. The normalized spacial score (nSPS) is 10.4. The molecule has 20 heavy (non-hydrogen) atoms. The molecule has 0 fully saturated rings. The highest BCUT2D eigenvalue weighted by atomic mass is 79.9. The first kappa shape index (κ1) is 12.9. The Morgan fingerprint density at radius 3 is 2.60 bits per heavy atom. The van der Waals surface area contributed by atoms with E-state index in [9.17, 15) is 0 Å². The van der Waals surface area contributed by atoms with Crippen LogP contribution >= 0.6 is 15.9 Å². The Balaban J connectivity index is 1.79. The Kier molecular flexibility index (Phi) is 3.78. The van der Waals surface area contributed by atoms with Crippen molar-refractivity contribution in [2.24, 2.45) is 0 Å². The predicted octanol–water partition coefficient (Wildman–Crippen LogP) is 3.64. The fourth-order valence-corrected chi connectivity index (χ4v) is 2.22. The molecular weight excluding hydrogens is 316 g/mol. The number of nitrogens with zero attached hydrogens (tertiary/aromatic N) is 3. The van der Waals surface area contributed by atoms with Crippen LogP contribution in [0.3, 0.4) is 0 Å². The van der Waals surface area contributed by atoms with Crippen molar-refractivity contribution in [1.82, 2.24) is 15.0 Å². The van der Waals surface area contributed by atoms with E-state index < -0.39 is 0 Å². The van der Waals surface area contributed by atoms with Gasteiger partial charge in [-0.15, -0.1) is 5.10 Å². The summed E-state index contributed by atoms with van der Waals surface area (Å²) in [6, 6.07) is 16.3. The average molecular weight is 329 g/mol. The Hall–Kier alpha value is -2.14. The molecule has 100 valence electrons. The highest BCUT2D eigenvalue weighted by molar-refractivity contribution is 9.10. The summed E-state index contributed by atoms with van der Waals surface area (Å²) in [5, 5.41) is 11.3. The summed E-state index contributed by atoms with van der Waals surface area (Å²) in [5.74, 6) is 0. The molecule has 1 N–H and O–H groups in total. The molecule has 0 aliphatic rings. The monoisotopic (exact) mass is 328 g/mol. The van der Waals surface area contributed by atoms with Crippen LogP contribution in [0.15, 0.2) is 65.4 Å². The second-order valence-electron chi connectivity index (χ2n) is 4.34. The van der Waals surface area contributed by atoms with Crippen molar-refractivity contribution in [3.8, 4) is 5.69 Å². The molecule has 0 bridgehead atoms. The zero-order valence-corrected chi connectivity index (χ0v) is 12.3. The van der Waals surface area contributed by atoms with Crippen molar-refractivity contribution in [2.75, 3.05) is 5.32 Å². The van der Waals surface area contributed by atoms with Crippen molar-refractivity contribution in [1.29, 1.82) is 0 Å². The molecule has 0 unspecified atom stereocenters. The van der Waals surface area contributed by atoms with E-state index in [2.05, 4.69) is 43.7 Å². The van der Waals surface area contributed by atoms with Crippen molar-refractivity contribution < 1.29 is 0 Å². The minimum atomic E-state index is 0.763. The van der Waals surface area contributed by atoms with Gasteiger partial charge in [-0.05, 0) is 29.8 Å². The topological polar surface area (TPSA) is 42.7 Å². The van der Waals surface area contributed by atoms with Crippen LogP contribution in [0.1, 0.15) is 5.56 Å². The molecular formula is C15H13BrN4. The molecule has 0 atom stereocenters. The van der Waals surface area contributed by atoms with Gasteiger partial charge >= 0.3 is 0 Å². The van der Waals surface area contributed by atoms with Gasteiger partial charge in [0.2, 0.25) is 0 Å². The number of nitrogens with one attached hydrogen (secondary N) is 1. The number of para-hydroxylation sites is 2. The summed E-state index contributed by atoms with van der Waals surface area (Å²) in [6.07, 6.45) is 3.51. The van der Waals surface area contributed by atoms with E-state index >= 15 is 0 Å². The number of aromatic nitrogens is 3. The van der Waals surface area contributed by atoms with Crippen LogP contribution in [0.5, 0.6) is 0 Å². The van der Waals surface area contributed by atoms with Crippen molar-refractivity contribution in [3.05, 3.63) is 71.0 Å². The maximum atomic E-state index is 4.03. The third kappa shape index (κ3) is 2.88. The molecule has 0 spiro atoms. The zero-order valence-electron chi connectivity index (χ0n) is 10.7. The van der Waals surface area contributed by atoms with Crippen LogP contribution < -0.4 is 5.32 Å². The van der Waals surface area contributed by atoms with Gasteiger partial charge in [-0.25, -0.2) is 4.68 Å². The van der Waals surface area contributed by atoms with Crippen LogP contribution in [0.2, 0.25) is 0 Å². The van der Waals surface area contributed by atoms with Crippen LogP contribution in [0.4, 0.5) is 5.69 Å². The molecule has 0 aliphatic carbocycles. The molecule has 0 saturated carbocycles. The van der Waals surface area contributed by atoms with E-state index in [1.807, 2.05) is 42.6 Å². The first-order valence-electron chi connectivity index (χ1n) is 6.27. The molecule has 5 heteroatoms. The van der Waals surface area contributed by atoms with E-state index in [4.69, 9.17) is 0 Å². The summed E-state index contributed by atoms with van der Waals surface area (Å²) in [6.45, 7) is 0.763. The minimum Gasteiger partial charge on any atom is -0.379 e. The average Bonchev–Trinajstić information content (AvgIpc) is 3.01. The lowest BCUT2D eigenvalue weighted by atomic mass is 10.2. The van der Waals surface area contributed by atoms with E-state index in [1.165, 1.54) is 5.56 Å². The van der Waals surface area contributed by atoms with Gasteiger partial charge in [0.15, 0.2) is 0 Å². The van der Waals surface area contributed by atoms with Gasteiger partial charge in [0.25, 0.3) is 0 Å². The van der Waals surface area contributed by atoms with Crippen molar-refractivity contribution in [3.63, 3.8) is 0 Å². The molecule has 3 rings (SSSR count). The lowest BCUT2D eigenvalue weighted by Crippen LogP contribution is -2.04. The van der Waals surface area contributed by atoms with E-state index in [-0.39, 0.29) is 0 Å². The molecule has 4 nitrogen and oxygen atoms in total. The first-order valence-corrected chi connectivity index (χ1v) is 7.06. The number of hydrogen-bond acceptors (Lipinski definition) is 3. The number of anilines is 1. The van der Waals surface area contributed by atoms with E-state index in [0.717, 1.165) is 22.4 Å². The molecule has 3 aromatic rings. The lowest BCUT2D eigenvalue weighted by molar-refractivity contribution is 0.803. The number of hydrogen-bond donors (Lipinski definition) is 1. The number of rotatable bonds is 4. The highest BCUT2D eigenvalue weighted by Gasteiger charge is 2.04. The van der Waals surface area contributed by atoms with Gasteiger partial charge < -0.3 is 5.32 Å². The summed E-state index contributed by atoms with van der Waals surface area (Å²) in [7, 11) is 0. The smallest absolute Gasteiger partial charge is 0.0894 e. The molecule has 1 heterocycles. The van der Waals surface area contributed by atoms with Crippen LogP contribution in [0.25, 0.3) is 5.69 Å². The van der Waals surface area contributed by atoms with Gasteiger partial charge in [0, 0.05) is 11.0 Å². The van der Waals surface area contributed by atoms with E-state index in [0.29, 0.717) is 0 Å². The zero-order chi connectivity index (χ0) is 13.8. The summed E-state index contributed by atoms with van der Waals surface area (Å²) < 4.78 is 2.84. The van der Waals surface area contributed by atoms with E-state index in [1.54, 1.807) is 10.9 Å². The van der Waals surface area contributed by atoms with Gasteiger partial charge in [0.1, 0.15) is 0 Å².